The molecule has 8 heteroatoms. The zero-order chi connectivity index (χ0) is 19.5. The molecule has 1 unspecified atom stereocenters. The number of carbonyl (C=O) groups is 1. The summed E-state index contributed by atoms with van der Waals surface area (Å²) in [5, 5.41) is 4.74. The summed E-state index contributed by atoms with van der Waals surface area (Å²) in [4.78, 5) is 20.6. The molecule has 0 amide bonds. The zero-order valence-electron chi connectivity index (χ0n) is 15.3. The second-order valence-corrected chi connectivity index (χ2v) is 6.13. The van der Waals surface area contributed by atoms with Gasteiger partial charge in [0.15, 0.2) is 6.10 Å². The third-order valence-electron chi connectivity index (χ3n) is 4.22. The molecule has 28 heavy (non-hydrogen) atoms. The van der Waals surface area contributed by atoms with E-state index >= 15 is 0 Å². The van der Waals surface area contributed by atoms with Gasteiger partial charge in [-0.3, -0.25) is 9.78 Å². The van der Waals surface area contributed by atoms with Gasteiger partial charge >= 0.3 is 5.97 Å². The van der Waals surface area contributed by atoms with Crippen LogP contribution in [0.15, 0.2) is 57.9 Å². The van der Waals surface area contributed by atoms with Crippen LogP contribution in [0.5, 0.6) is 5.75 Å². The smallest absolute Gasteiger partial charge is 0.311 e. The SMILES string of the molecule is COc1ccc2c(CC(=O)OC(C)c3nc(-c4cccnc4)no3)coc2c1. The van der Waals surface area contributed by atoms with Crippen LogP contribution in [0.3, 0.4) is 0 Å². The van der Waals surface area contributed by atoms with E-state index in [0.717, 1.165) is 16.5 Å². The highest BCUT2D eigenvalue weighted by Gasteiger charge is 2.20. The number of benzene rings is 1. The second-order valence-electron chi connectivity index (χ2n) is 6.13. The van der Waals surface area contributed by atoms with Crippen molar-refractivity contribution in [2.75, 3.05) is 7.11 Å². The highest BCUT2D eigenvalue weighted by molar-refractivity contribution is 5.86. The van der Waals surface area contributed by atoms with Crippen LogP contribution in [-0.2, 0) is 16.0 Å². The number of furan rings is 1. The number of hydrogen-bond acceptors (Lipinski definition) is 8. The molecule has 0 saturated heterocycles. The van der Waals surface area contributed by atoms with Crippen LogP contribution < -0.4 is 4.74 Å². The first-order valence-corrected chi connectivity index (χ1v) is 8.61. The number of nitrogens with zero attached hydrogens (tertiary/aromatic N) is 3. The minimum atomic E-state index is -0.677. The van der Waals surface area contributed by atoms with Crippen molar-refractivity contribution >= 4 is 16.9 Å². The Bertz CT molecular complexity index is 1100. The van der Waals surface area contributed by atoms with Crippen LogP contribution in [0.4, 0.5) is 0 Å². The molecule has 0 saturated carbocycles. The zero-order valence-corrected chi connectivity index (χ0v) is 15.3. The van der Waals surface area contributed by atoms with Gasteiger partial charge in [-0.1, -0.05) is 5.16 Å². The minimum absolute atomic E-state index is 0.0628. The number of methoxy groups -OCH3 is 1. The molecule has 0 fully saturated rings. The van der Waals surface area contributed by atoms with Crippen molar-refractivity contribution in [2.24, 2.45) is 0 Å². The quantitative estimate of drug-likeness (QED) is 0.467. The first-order chi connectivity index (χ1) is 13.6. The van der Waals surface area contributed by atoms with Gasteiger partial charge in [0.25, 0.3) is 5.89 Å². The summed E-state index contributed by atoms with van der Waals surface area (Å²) in [7, 11) is 1.58. The summed E-state index contributed by atoms with van der Waals surface area (Å²) in [6, 6.07) is 9.03. The fourth-order valence-corrected chi connectivity index (χ4v) is 2.78. The van der Waals surface area contributed by atoms with E-state index in [0.29, 0.717) is 17.2 Å². The second kappa shape index (κ2) is 7.51. The predicted octanol–water partition coefficient (Wildman–Crippen LogP) is 3.73. The Labute approximate surface area is 160 Å². The lowest BCUT2D eigenvalue weighted by Gasteiger charge is -2.08. The number of fused-ring (bicyclic) bond motifs is 1. The molecular weight excluding hydrogens is 362 g/mol. The molecule has 142 valence electrons. The maximum Gasteiger partial charge on any atom is 0.311 e. The van der Waals surface area contributed by atoms with E-state index in [1.165, 1.54) is 0 Å². The molecule has 0 aliphatic carbocycles. The lowest BCUT2D eigenvalue weighted by atomic mass is 10.1. The Kier molecular flexibility index (Phi) is 4.76. The molecule has 0 radical (unpaired) electrons. The van der Waals surface area contributed by atoms with Crippen LogP contribution in [0, 0.1) is 0 Å². The molecule has 0 spiro atoms. The highest BCUT2D eigenvalue weighted by atomic mass is 16.6. The van der Waals surface area contributed by atoms with E-state index in [1.807, 2.05) is 18.2 Å². The first-order valence-electron chi connectivity index (χ1n) is 8.61. The van der Waals surface area contributed by atoms with Gasteiger partial charge in [-0.25, -0.2) is 0 Å². The number of ether oxygens (including phenoxy) is 2. The molecule has 1 aromatic carbocycles. The third kappa shape index (κ3) is 3.57. The van der Waals surface area contributed by atoms with Gasteiger partial charge in [0.05, 0.1) is 19.8 Å². The average Bonchev–Trinajstić information content (AvgIpc) is 3.36. The van der Waals surface area contributed by atoms with E-state index in [4.69, 9.17) is 18.4 Å². The van der Waals surface area contributed by atoms with Crippen molar-refractivity contribution in [3.8, 4) is 17.1 Å². The van der Waals surface area contributed by atoms with Crippen molar-refractivity contribution in [2.45, 2.75) is 19.4 Å². The van der Waals surface area contributed by atoms with E-state index in [-0.39, 0.29) is 12.3 Å². The van der Waals surface area contributed by atoms with Gasteiger partial charge in [-0.2, -0.15) is 4.98 Å². The monoisotopic (exact) mass is 379 g/mol. The fraction of sp³-hybridized carbons (Fsp3) is 0.200. The van der Waals surface area contributed by atoms with Crippen molar-refractivity contribution < 1.29 is 23.2 Å². The van der Waals surface area contributed by atoms with Crippen LogP contribution in [0.2, 0.25) is 0 Å². The van der Waals surface area contributed by atoms with Gasteiger partial charge in [-0.05, 0) is 31.2 Å². The van der Waals surface area contributed by atoms with Crippen LogP contribution in [-0.4, -0.2) is 28.2 Å². The summed E-state index contributed by atoms with van der Waals surface area (Å²) in [5.41, 5.74) is 2.10. The maximum atomic E-state index is 12.3. The van der Waals surface area contributed by atoms with Gasteiger partial charge in [0.2, 0.25) is 5.82 Å². The van der Waals surface area contributed by atoms with Gasteiger partial charge in [0.1, 0.15) is 11.3 Å². The van der Waals surface area contributed by atoms with Gasteiger partial charge in [0, 0.05) is 35.0 Å². The summed E-state index contributed by atoms with van der Waals surface area (Å²) in [6.07, 6.45) is 4.22. The largest absolute Gasteiger partial charge is 0.497 e. The topological polar surface area (TPSA) is 100 Å². The Hall–Kier alpha value is -3.68. The summed E-state index contributed by atoms with van der Waals surface area (Å²) in [5.74, 6) is 0.868. The molecule has 0 aliphatic rings. The fourth-order valence-electron chi connectivity index (χ4n) is 2.78. The lowest BCUT2D eigenvalue weighted by molar-refractivity contribution is -0.148. The lowest BCUT2D eigenvalue weighted by Crippen LogP contribution is -2.11. The number of esters is 1. The Morgan fingerprint density at radius 1 is 1.29 bits per heavy atom. The van der Waals surface area contributed by atoms with E-state index in [1.54, 1.807) is 44.8 Å². The van der Waals surface area contributed by atoms with Crippen molar-refractivity contribution in [3.05, 3.63) is 60.4 Å². The predicted molar refractivity (Wildman–Crippen MR) is 98.5 cm³/mol. The van der Waals surface area contributed by atoms with Crippen molar-refractivity contribution in [1.29, 1.82) is 0 Å². The molecule has 0 bridgehead atoms. The van der Waals surface area contributed by atoms with Crippen molar-refractivity contribution in [1.82, 2.24) is 15.1 Å². The molecular formula is C20H17N3O5. The summed E-state index contributed by atoms with van der Waals surface area (Å²) in [6.45, 7) is 1.68. The number of aromatic nitrogens is 3. The molecule has 3 heterocycles. The highest BCUT2D eigenvalue weighted by Crippen LogP contribution is 2.27. The molecule has 8 nitrogen and oxygen atoms in total. The maximum absolute atomic E-state index is 12.3. The standard InChI is InChI=1S/C20H17N3O5/c1-12(20-22-19(23-28-20)13-4-3-7-21-10-13)27-18(24)8-14-11-26-17-9-15(25-2)5-6-16(14)17/h3-7,9-12H,8H2,1-2H3. The molecule has 3 aromatic heterocycles. The number of carbonyl (C=O) groups excluding carboxylic acids is 1. The summed E-state index contributed by atoms with van der Waals surface area (Å²) >= 11 is 0. The third-order valence-corrected chi connectivity index (χ3v) is 4.22. The average molecular weight is 379 g/mol. The minimum Gasteiger partial charge on any atom is -0.497 e. The number of hydrogen-bond donors (Lipinski definition) is 0. The van der Waals surface area contributed by atoms with E-state index in [2.05, 4.69) is 15.1 Å². The molecule has 0 N–H and O–H groups in total. The summed E-state index contributed by atoms with van der Waals surface area (Å²) < 4.78 is 21.3. The van der Waals surface area contributed by atoms with Crippen molar-refractivity contribution in [3.63, 3.8) is 0 Å². The van der Waals surface area contributed by atoms with Crippen LogP contribution >= 0.6 is 0 Å². The number of pyridine rings is 1. The van der Waals surface area contributed by atoms with Gasteiger partial charge < -0.3 is 18.4 Å². The molecule has 1 atom stereocenters. The van der Waals surface area contributed by atoms with E-state index < -0.39 is 12.1 Å². The normalized spacial score (nSPS) is 12.1. The van der Waals surface area contributed by atoms with Gasteiger partial charge in [-0.15, -0.1) is 0 Å². The molecule has 4 aromatic rings. The van der Waals surface area contributed by atoms with Crippen LogP contribution in [0.1, 0.15) is 24.5 Å². The molecule has 0 aliphatic heterocycles. The first kappa shape index (κ1) is 17.7. The Morgan fingerprint density at radius 3 is 2.96 bits per heavy atom. The van der Waals surface area contributed by atoms with E-state index in [9.17, 15) is 4.79 Å². The van der Waals surface area contributed by atoms with Crippen LogP contribution in [0.25, 0.3) is 22.4 Å². The Balaban J connectivity index is 1.43. The molecule has 4 rings (SSSR count). The number of rotatable bonds is 6. The Morgan fingerprint density at radius 2 is 2.18 bits per heavy atom.